The lowest BCUT2D eigenvalue weighted by Crippen LogP contribution is -2.49. The minimum Gasteiger partial charge on any atom is -0.484 e. The molecule has 352 valence electrons. The quantitative estimate of drug-likeness (QED) is 0.133. The van der Waals surface area contributed by atoms with Crippen molar-refractivity contribution in [3.8, 4) is 17.2 Å². The summed E-state index contributed by atoms with van der Waals surface area (Å²) in [5.41, 5.74) is 6.99. The minimum absolute atomic E-state index is 0. The molecule has 4 heterocycles. The van der Waals surface area contributed by atoms with Gasteiger partial charge in [-0.1, -0.05) is 90.5 Å². The molecule has 0 saturated carbocycles. The zero-order chi connectivity index (χ0) is 46.4. The first-order valence-electron chi connectivity index (χ1n) is 21.3. The van der Waals surface area contributed by atoms with Crippen LogP contribution in [0.4, 0.5) is 0 Å². The number of hydrogen-bond donors (Lipinski definition) is 2. The van der Waals surface area contributed by atoms with Crippen molar-refractivity contribution in [2.75, 3.05) is 53.2 Å². The molecule has 6 aromatic carbocycles. The standard InChI is InChI=1S/C20H21ClN2O4.C19H20N2.C10H8O6S2.ClH/c21-16-2-4-17(5-3-16)25-13-20(24)23-9-7-22(8-10-23)12-15-1-6-18-19(11-15)27-14-26-18;1-20-12-11-19-17(14-20)16-9-5-6-10-18(16)21(19)13-15-7-3-2-4-8-15;11-17(12,13)9-5-1-3-7-8(9)4-2-6-10(7)18(14,15)16;/h1-6,11H,7-10,12-14H2;2-10H,11-14H2,1H3;1-6H,(H,11,12,13)(H,14,15,16);1H. The van der Waals surface area contributed by atoms with Crippen molar-refractivity contribution in [1.29, 1.82) is 0 Å². The fourth-order valence-electron chi connectivity index (χ4n) is 8.40. The number of para-hydroxylation sites is 1. The van der Waals surface area contributed by atoms with E-state index in [1.54, 1.807) is 24.3 Å². The monoisotopic (exact) mass is 988 g/mol. The van der Waals surface area contributed by atoms with E-state index in [0.29, 0.717) is 23.9 Å². The number of amides is 1. The van der Waals surface area contributed by atoms with E-state index in [0.717, 1.165) is 69.3 Å². The SMILES string of the molecule is CN1CCc2c(c3ccccc3n2Cc2ccccc2)C1.Cl.O=C(COc1ccc(Cl)cc1)N1CCN(Cc2ccc3c(c2)OCO3)CC1.O=S(=O)(O)c1cccc2c(S(=O)(=O)O)cccc12. The number of piperazine rings is 1. The van der Waals surface area contributed by atoms with Crippen molar-refractivity contribution < 1.29 is 44.9 Å². The number of fused-ring (bicyclic) bond motifs is 5. The second kappa shape index (κ2) is 21.5. The Morgan fingerprint density at radius 2 is 1.28 bits per heavy atom. The molecule has 14 nitrogen and oxygen atoms in total. The summed E-state index contributed by atoms with van der Waals surface area (Å²) in [5, 5.41) is 2.12. The Kier molecular flexibility index (Phi) is 15.8. The maximum atomic E-state index is 12.4. The number of rotatable bonds is 9. The van der Waals surface area contributed by atoms with E-state index in [-0.39, 0.29) is 42.5 Å². The third kappa shape index (κ3) is 12.1. The van der Waals surface area contributed by atoms with Crippen LogP contribution in [0.2, 0.25) is 5.02 Å². The maximum Gasteiger partial charge on any atom is 0.295 e. The summed E-state index contributed by atoms with van der Waals surface area (Å²) in [4.78, 5) is 18.1. The van der Waals surface area contributed by atoms with Gasteiger partial charge in [-0.25, -0.2) is 0 Å². The van der Waals surface area contributed by atoms with Crippen LogP contribution in [-0.4, -0.2) is 104 Å². The normalized spacial score (nSPS) is 14.8. The van der Waals surface area contributed by atoms with Crippen molar-refractivity contribution in [3.05, 3.63) is 161 Å². The van der Waals surface area contributed by atoms with Crippen molar-refractivity contribution >= 4 is 71.8 Å². The molecular weight excluding hydrogens is 940 g/mol. The highest BCUT2D eigenvalue weighted by molar-refractivity contribution is 7.86. The van der Waals surface area contributed by atoms with Gasteiger partial charge < -0.3 is 28.6 Å². The molecule has 1 fully saturated rings. The third-order valence-corrected chi connectivity index (χ3v) is 13.8. The Morgan fingerprint density at radius 3 is 1.94 bits per heavy atom. The highest BCUT2D eigenvalue weighted by atomic mass is 35.5. The Hall–Kier alpha value is -5.69. The van der Waals surface area contributed by atoms with E-state index in [1.165, 1.54) is 57.6 Å². The van der Waals surface area contributed by atoms with Gasteiger partial charge in [0.2, 0.25) is 6.79 Å². The molecule has 0 atom stereocenters. The number of hydrogen-bond acceptors (Lipinski definition) is 10. The molecule has 1 aromatic heterocycles. The van der Waals surface area contributed by atoms with Gasteiger partial charge in [-0.3, -0.25) is 18.8 Å². The molecule has 67 heavy (non-hydrogen) atoms. The van der Waals surface area contributed by atoms with Gasteiger partial charge in [-0.15, -0.1) is 12.4 Å². The summed E-state index contributed by atoms with van der Waals surface area (Å²) in [6, 6.07) is 40.2. The second-order valence-corrected chi connectivity index (χ2v) is 19.4. The van der Waals surface area contributed by atoms with E-state index in [4.69, 9.17) is 34.9 Å². The molecule has 3 aliphatic heterocycles. The first kappa shape index (κ1) is 49.2. The van der Waals surface area contributed by atoms with Crippen molar-refractivity contribution in [2.45, 2.75) is 35.8 Å². The highest BCUT2D eigenvalue weighted by Crippen LogP contribution is 2.34. The molecule has 3 aliphatic rings. The number of aromatic nitrogens is 1. The summed E-state index contributed by atoms with van der Waals surface area (Å²) in [7, 11) is -6.72. The Balaban J connectivity index is 0.000000151. The lowest BCUT2D eigenvalue weighted by atomic mass is 10.1. The van der Waals surface area contributed by atoms with Crippen LogP contribution in [0, 0.1) is 0 Å². The van der Waals surface area contributed by atoms with E-state index < -0.39 is 30.0 Å². The van der Waals surface area contributed by atoms with Gasteiger partial charge in [0, 0.05) is 91.2 Å². The summed E-state index contributed by atoms with van der Waals surface area (Å²) in [6.07, 6.45) is 1.15. The van der Waals surface area contributed by atoms with Crippen LogP contribution in [0.15, 0.2) is 143 Å². The molecule has 10 rings (SSSR count). The Labute approximate surface area is 401 Å². The maximum absolute atomic E-state index is 12.4. The lowest BCUT2D eigenvalue weighted by molar-refractivity contribution is -0.135. The zero-order valence-electron chi connectivity index (χ0n) is 36.5. The minimum atomic E-state index is -4.47. The Bertz CT molecular complexity index is 3000. The van der Waals surface area contributed by atoms with Gasteiger partial charge in [0.25, 0.3) is 26.1 Å². The number of likely N-dealkylation sites (N-methyl/N-ethyl adjacent to an activating group) is 1. The molecule has 0 aliphatic carbocycles. The largest absolute Gasteiger partial charge is 0.484 e. The molecule has 7 aromatic rings. The smallest absolute Gasteiger partial charge is 0.295 e. The van der Waals surface area contributed by atoms with E-state index >= 15 is 0 Å². The Morgan fingerprint density at radius 1 is 0.672 bits per heavy atom. The van der Waals surface area contributed by atoms with Crippen LogP contribution in [0.5, 0.6) is 17.2 Å². The second-order valence-electron chi connectivity index (χ2n) is 16.1. The third-order valence-electron chi connectivity index (χ3n) is 11.7. The van der Waals surface area contributed by atoms with Crippen molar-refractivity contribution in [2.24, 2.45) is 0 Å². The number of halogens is 2. The molecule has 0 bridgehead atoms. The number of nitrogens with zero attached hydrogens (tertiary/aromatic N) is 4. The topological polar surface area (TPSA) is 168 Å². The number of benzene rings is 6. The average Bonchev–Trinajstić information content (AvgIpc) is 3.90. The first-order valence-corrected chi connectivity index (χ1v) is 24.5. The summed E-state index contributed by atoms with van der Waals surface area (Å²) >= 11 is 5.85. The zero-order valence-corrected chi connectivity index (χ0v) is 39.7. The number of carbonyl (C=O) groups is 1. The van der Waals surface area contributed by atoms with Crippen LogP contribution >= 0.6 is 24.0 Å². The summed E-state index contributed by atoms with van der Waals surface area (Å²) < 4.78 is 81.5. The average molecular weight is 990 g/mol. The van der Waals surface area contributed by atoms with E-state index in [1.807, 2.05) is 17.0 Å². The van der Waals surface area contributed by atoms with Gasteiger partial charge in [0.05, 0.1) is 0 Å². The van der Waals surface area contributed by atoms with Gasteiger partial charge in [0.1, 0.15) is 15.5 Å². The number of ether oxygens (including phenoxy) is 3. The number of carbonyl (C=O) groups excluding carboxylic acids is 1. The van der Waals surface area contributed by atoms with Crippen molar-refractivity contribution in [3.63, 3.8) is 0 Å². The fraction of sp³-hybridized carbons (Fsp3) is 0.245. The van der Waals surface area contributed by atoms with Gasteiger partial charge in [-0.05, 0) is 78.3 Å². The molecule has 0 unspecified atom stereocenters. The first-order chi connectivity index (χ1) is 31.7. The fourth-order valence-corrected chi connectivity index (χ4v) is 9.94. The molecule has 0 spiro atoms. The van der Waals surface area contributed by atoms with Gasteiger partial charge in [0.15, 0.2) is 18.1 Å². The van der Waals surface area contributed by atoms with Gasteiger partial charge in [-0.2, -0.15) is 16.8 Å². The van der Waals surface area contributed by atoms with Crippen LogP contribution in [0.3, 0.4) is 0 Å². The molecule has 1 saturated heterocycles. The van der Waals surface area contributed by atoms with E-state index in [2.05, 4.69) is 82.1 Å². The lowest BCUT2D eigenvalue weighted by Gasteiger charge is -2.34. The van der Waals surface area contributed by atoms with Crippen LogP contribution in [0.25, 0.3) is 21.7 Å². The summed E-state index contributed by atoms with van der Waals surface area (Å²) in [5.74, 6) is 2.26. The summed E-state index contributed by atoms with van der Waals surface area (Å²) in [6.45, 7) is 7.43. The van der Waals surface area contributed by atoms with Crippen LogP contribution < -0.4 is 14.2 Å². The van der Waals surface area contributed by atoms with Crippen molar-refractivity contribution in [1.82, 2.24) is 19.3 Å². The molecule has 2 N–H and O–H groups in total. The predicted molar refractivity (Wildman–Crippen MR) is 260 cm³/mol. The highest BCUT2D eigenvalue weighted by Gasteiger charge is 2.24. The molecule has 1 amide bonds. The van der Waals surface area contributed by atoms with Gasteiger partial charge >= 0.3 is 0 Å². The molecule has 18 heteroatoms. The van der Waals surface area contributed by atoms with E-state index in [9.17, 15) is 21.6 Å². The predicted octanol–water partition coefficient (Wildman–Crippen LogP) is 8.22. The molecule has 0 radical (unpaired) electrons. The van der Waals surface area contributed by atoms with Crippen LogP contribution in [0.1, 0.15) is 22.4 Å². The molecular formula is C49H50Cl2N4O10S2. The van der Waals surface area contributed by atoms with Crippen LogP contribution in [-0.2, 0) is 51.1 Å².